The van der Waals surface area contributed by atoms with Crippen molar-refractivity contribution in [2.45, 2.75) is 111 Å². The molecule has 0 aromatic heterocycles. The van der Waals surface area contributed by atoms with Gasteiger partial charge in [0.2, 0.25) is 0 Å². The quantitative estimate of drug-likeness (QED) is 0.187. The topological polar surface area (TPSA) is 30.9 Å². The Balaban J connectivity index is 1.27. The maximum atomic E-state index is 5.55. The SMILES string of the molecule is C=C1CC=Cc2ccc(CCC3CCCN(C4=C(CCC5C=CC=CC5)C(NC(CC)C(C)C(=C)C=CCC)N(c5ccccc5)C(C)=N4)CC3)cc21. The second-order valence-corrected chi connectivity index (χ2v) is 15.8. The molecule has 2 aromatic carbocycles. The third-order valence-corrected chi connectivity index (χ3v) is 12.1. The summed E-state index contributed by atoms with van der Waals surface area (Å²) in [5, 5.41) is 4.26. The van der Waals surface area contributed by atoms with Crippen LogP contribution >= 0.6 is 0 Å². The number of hydrogen-bond donors (Lipinski definition) is 1. The van der Waals surface area contributed by atoms with Crippen LogP contribution in [0, 0.1) is 17.8 Å². The van der Waals surface area contributed by atoms with Crippen molar-refractivity contribution in [3.05, 3.63) is 138 Å². The minimum atomic E-state index is 0.0102. The molecule has 2 aliphatic carbocycles. The van der Waals surface area contributed by atoms with Crippen molar-refractivity contribution in [2.24, 2.45) is 22.7 Å². The van der Waals surface area contributed by atoms with E-state index in [1.807, 2.05) is 0 Å². The monoisotopic (exact) mass is 709 g/mol. The van der Waals surface area contributed by atoms with Gasteiger partial charge in [-0.25, -0.2) is 4.99 Å². The molecule has 2 aliphatic heterocycles. The van der Waals surface area contributed by atoms with Gasteiger partial charge in [0, 0.05) is 30.4 Å². The van der Waals surface area contributed by atoms with E-state index in [1.54, 1.807) is 0 Å². The van der Waals surface area contributed by atoms with Crippen molar-refractivity contribution in [1.82, 2.24) is 10.2 Å². The number of aliphatic imine (C=N–C) groups is 1. The van der Waals surface area contributed by atoms with Gasteiger partial charge in [-0.15, -0.1) is 0 Å². The zero-order chi connectivity index (χ0) is 37.2. The fourth-order valence-corrected chi connectivity index (χ4v) is 8.74. The first-order valence-corrected chi connectivity index (χ1v) is 20.7. The maximum absolute atomic E-state index is 5.55. The summed E-state index contributed by atoms with van der Waals surface area (Å²) in [6.07, 6.45) is 30.4. The highest BCUT2D eigenvalue weighted by atomic mass is 15.4. The zero-order valence-corrected chi connectivity index (χ0v) is 33.1. The Bertz CT molecular complexity index is 1750. The van der Waals surface area contributed by atoms with Crippen LogP contribution in [-0.4, -0.2) is 36.0 Å². The Hall–Kier alpha value is -4.15. The van der Waals surface area contributed by atoms with Crippen LogP contribution < -0.4 is 10.2 Å². The molecule has 0 spiro atoms. The van der Waals surface area contributed by atoms with Gasteiger partial charge in [0.1, 0.15) is 17.8 Å². The number of amidine groups is 1. The molecular formula is C49H64N4. The van der Waals surface area contributed by atoms with Gasteiger partial charge in [0.05, 0.1) is 0 Å². The largest absolute Gasteiger partial charge is 0.356 e. The van der Waals surface area contributed by atoms with Crippen molar-refractivity contribution in [3.8, 4) is 0 Å². The van der Waals surface area contributed by atoms with E-state index < -0.39 is 0 Å². The maximum Gasteiger partial charge on any atom is 0.133 e. The van der Waals surface area contributed by atoms with Crippen molar-refractivity contribution in [2.75, 3.05) is 18.0 Å². The Labute approximate surface area is 321 Å². The van der Waals surface area contributed by atoms with Gasteiger partial charge in [-0.2, -0.15) is 0 Å². The van der Waals surface area contributed by atoms with Crippen LogP contribution in [0.3, 0.4) is 0 Å². The third kappa shape index (κ3) is 9.70. The lowest BCUT2D eigenvalue weighted by Crippen LogP contribution is -2.57. The molecule has 1 N–H and O–H groups in total. The first-order valence-electron chi connectivity index (χ1n) is 20.7. The number of fused-ring (bicyclic) bond motifs is 1. The standard InChI is InChI=1S/C49H64N4/c1-7-9-18-36(3)38(5)47(8-2)51-49-45(31-29-40-20-12-10-13-21-40)48(50-39(6)53(49)44-24-14-11-15-25-44)52-33-17-22-41(32-34-52)26-27-42-28-30-43-23-16-19-37(4)46(43)35-42/h9-16,18,20,23-25,28,30,35,38,40-41,47,49,51H,3-4,7-8,17,19,21-22,26-27,29,31-34H2,1-2,5-6H3. The van der Waals surface area contributed by atoms with Crippen LogP contribution in [0.2, 0.25) is 0 Å². The number of allylic oxidation sites excluding steroid dienone is 8. The second kappa shape index (κ2) is 18.7. The molecule has 5 atom stereocenters. The Kier molecular flexibility index (Phi) is 13.6. The summed E-state index contributed by atoms with van der Waals surface area (Å²) in [6, 6.07) is 18.2. The minimum Gasteiger partial charge on any atom is -0.356 e. The summed E-state index contributed by atoms with van der Waals surface area (Å²) in [6.45, 7) is 20.1. The van der Waals surface area contributed by atoms with Crippen LogP contribution in [0.4, 0.5) is 5.69 Å². The van der Waals surface area contributed by atoms with Crippen molar-refractivity contribution in [1.29, 1.82) is 0 Å². The summed E-state index contributed by atoms with van der Waals surface area (Å²) in [4.78, 5) is 10.7. The van der Waals surface area contributed by atoms with E-state index in [2.05, 4.69) is 153 Å². The average Bonchev–Trinajstić information content (AvgIpc) is 3.44. The van der Waals surface area contributed by atoms with E-state index in [4.69, 9.17) is 4.99 Å². The van der Waals surface area contributed by atoms with Gasteiger partial charge in [-0.1, -0.05) is 125 Å². The molecule has 0 saturated carbocycles. The van der Waals surface area contributed by atoms with Crippen LogP contribution in [0.25, 0.3) is 11.6 Å². The van der Waals surface area contributed by atoms with Crippen LogP contribution in [0.1, 0.15) is 109 Å². The van der Waals surface area contributed by atoms with Gasteiger partial charge in [0.25, 0.3) is 0 Å². The summed E-state index contributed by atoms with van der Waals surface area (Å²) in [5.74, 6) is 3.86. The van der Waals surface area contributed by atoms with Gasteiger partial charge < -0.3 is 9.80 Å². The number of nitrogens with one attached hydrogen (secondary N) is 1. The first kappa shape index (κ1) is 38.6. The van der Waals surface area contributed by atoms with Gasteiger partial charge in [0.15, 0.2) is 0 Å². The summed E-state index contributed by atoms with van der Waals surface area (Å²) >= 11 is 0. The molecule has 0 amide bonds. The third-order valence-electron chi connectivity index (χ3n) is 12.1. The number of para-hydroxylation sites is 1. The van der Waals surface area contributed by atoms with E-state index >= 15 is 0 Å². The molecule has 4 nitrogen and oxygen atoms in total. The molecule has 0 radical (unpaired) electrons. The zero-order valence-electron chi connectivity index (χ0n) is 33.1. The highest BCUT2D eigenvalue weighted by Gasteiger charge is 2.36. The van der Waals surface area contributed by atoms with E-state index in [-0.39, 0.29) is 12.2 Å². The number of hydrogen-bond acceptors (Lipinski definition) is 4. The molecule has 5 unspecified atom stereocenters. The fraction of sp³-hybridized carbons (Fsp3) is 0.449. The molecule has 1 saturated heterocycles. The molecule has 2 aromatic rings. The normalized spacial score (nSPS) is 22.9. The number of benzene rings is 2. The predicted octanol–water partition coefficient (Wildman–Crippen LogP) is 12.1. The van der Waals surface area contributed by atoms with Gasteiger partial charge in [-0.3, -0.25) is 5.32 Å². The lowest BCUT2D eigenvalue weighted by molar-refractivity contribution is 0.320. The van der Waals surface area contributed by atoms with Crippen LogP contribution in [0.15, 0.2) is 126 Å². The minimum absolute atomic E-state index is 0.0102. The lowest BCUT2D eigenvalue weighted by atomic mass is 9.88. The highest BCUT2D eigenvalue weighted by Crippen LogP contribution is 2.36. The Morgan fingerprint density at radius 3 is 2.64 bits per heavy atom. The molecule has 53 heavy (non-hydrogen) atoms. The molecule has 280 valence electrons. The van der Waals surface area contributed by atoms with Crippen LogP contribution in [-0.2, 0) is 6.42 Å². The number of likely N-dealkylation sites (tertiary alicyclic amines) is 1. The van der Waals surface area contributed by atoms with Gasteiger partial charge in [-0.05, 0) is 130 Å². The van der Waals surface area contributed by atoms with Crippen molar-refractivity contribution < 1.29 is 0 Å². The van der Waals surface area contributed by atoms with Crippen molar-refractivity contribution >= 4 is 23.2 Å². The van der Waals surface area contributed by atoms with E-state index in [9.17, 15) is 0 Å². The predicted molar refractivity (Wildman–Crippen MR) is 230 cm³/mol. The smallest absolute Gasteiger partial charge is 0.133 e. The number of anilines is 1. The number of rotatable bonds is 15. The molecule has 6 rings (SSSR count). The second-order valence-electron chi connectivity index (χ2n) is 15.8. The summed E-state index contributed by atoms with van der Waals surface area (Å²) < 4.78 is 0. The summed E-state index contributed by atoms with van der Waals surface area (Å²) in [7, 11) is 0. The molecule has 2 heterocycles. The van der Waals surface area contributed by atoms with E-state index in [0.717, 1.165) is 69.8 Å². The lowest BCUT2D eigenvalue weighted by Gasteiger charge is -2.44. The fourth-order valence-electron chi connectivity index (χ4n) is 8.74. The van der Waals surface area contributed by atoms with E-state index in [0.29, 0.717) is 11.8 Å². The highest BCUT2D eigenvalue weighted by molar-refractivity contribution is 5.98. The Morgan fingerprint density at radius 2 is 1.87 bits per heavy atom. The average molecular weight is 709 g/mol. The Morgan fingerprint density at radius 1 is 1.02 bits per heavy atom. The number of nitrogens with zero attached hydrogens (tertiary/aromatic N) is 3. The molecule has 4 aliphatic rings. The van der Waals surface area contributed by atoms with Crippen LogP contribution in [0.5, 0.6) is 0 Å². The molecular weight excluding hydrogens is 645 g/mol. The van der Waals surface area contributed by atoms with Crippen molar-refractivity contribution in [3.63, 3.8) is 0 Å². The first-order chi connectivity index (χ1) is 25.9. The molecule has 0 bridgehead atoms. The van der Waals surface area contributed by atoms with Gasteiger partial charge >= 0.3 is 0 Å². The molecule has 1 fully saturated rings. The van der Waals surface area contributed by atoms with E-state index in [1.165, 1.54) is 70.6 Å². The number of aryl methyl sites for hydroxylation is 1. The summed E-state index contributed by atoms with van der Waals surface area (Å²) in [5.41, 5.74) is 9.17. The molecule has 4 heteroatoms.